The minimum absolute atomic E-state index is 0.296. The molecule has 1 aromatic carbocycles. The summed E-state index contributed by atoms with van der Waals surface area (Å²) in [5, 5.41) is 5.47. The quantitative estimate of drug-likeness (QED) is 0.831. The standard InChI is InChI=1S/C18H25N3O3/c1-11(2)8-9-19-17(24)20-12-6-7-13-14(10-12)16(23)21(15(13)22)18(3,4)5/h6-7,10-11H,8-9H2,1-5H3,(H2,19,20,24). The molecule has 6 nitrogen and oxygen atoms in total. The zero-order chi connectivity index (χ0) is 18.1. The smallest absolute Gasteiger partial charge is 0.319 e. The molecule has 0 fully saturated rings. The van der Waals surface area contributed by atoms with Gasteiger partial charge in [0.25, 0.3) is 11.8 Å². The predicted molar refractivity (Wildman–Crippen MR) is 93.2 cm³/mol. The van der Waals surface area contributed by atoms with Crippen molar-refractivity contribution in [3.05, 3.63) is 29.3 Å². The first-order valence-corrected chi connectivity index (χ1v) is 8.19. The lowest BCUT2D eigenvalue weighted by Crippen LogP contribution is -2.45. The van der Waals surface area contributed by atoms with Crippen LogP contribution in [-0.4, -0.2) is 34.8 Å². The molecule has 6 heteroatoms. The first-order valence-electron chi connectivity index (χ1n) is 8.19. The Morgan fingerprint density at radius 2 is 1.75 bits per heavy atom. The summed E-state index contributed by atoms with van der Waals surface area (Å²) in [6.45, 7) is 10.2. The van der Waals surface area contributed by atoms with Crippen LogP contribution in [0.15, 0.2) is 18.2 Å². The van der Waals surface area contributed by atoms with E-state index in [2.05, 4.69) is 24.5 Å². The molecular weight excluding hydrogens is 306 g/mol. The van der Waals surface area contributed by atoms with Crippen molar-refractivity contribution in [3.8, 4) is 0 Å². The number of imide groups is 1. The van der Waals surface area contributed by atoms with E-state index in [-0.39, 0.29) is 17.8 Å². The van der Waals surface area contributed by atoms with Gasteiger partial charge in [-0.25, -0.2) is 4.79 Å². The van der Waals surface area contributed by atoms with Crippen LogP contribution in [0.4, 0.5) is 10.5 Å². The van der Waals surface area contributed by atoms with E-state index in [1.54, 1.807) is 18.2 Å². The topological polar surface area (TPSA) is 78.5 Å². The molecule has 0 radical (unpaired) electrons. The van der Waals surface area contributed by atoms with Crippen LogP contribution in [0.1, 0.15) is 61.8 Å². The van der Waals surface area contributed by atoms with Crippen LogP contribution in [0.25, 0.3) is 0 Å². The van der Waals surface area contributed by atoms with Gasteiger partial charge < -0.3 is 10.6 Å². The van der Waals surface area contributed by atoms with E-state index >= 15 is 0 Å². The monoisotopic (exact) mass is 331 g/mol. The molecule has 0 saturated heterocycles. The van der Waals surface area contributed by atoms with Gasteiger partial charge in [0.05, 0.1) is 11.1 Å². The Balaban J connectivity index is 2.11. The molecule has 1 aromatic rings. The van der Waals surface area contributed by atoms with Gasteiger partial charge in [0, 0.05) is 17.8 Å². The lowest BCUT2D eigenvalue weighted by atomic mass is 10.1. The number of benzene rings is 1. The van der Waals surface area contributed by atoms with Crippen molar-refractivity contribution in [1.29, 1.82) is 0 Å². The van der Waals surface area contributed by atoms with Crippen LogP contribution >= 0.6 is 0 Å². The van der Waals surface area contributed by atoms with E-state index in [0.29, 0.717) is 29.3 Å². The van der Waals surface area contributed by atoms with Crippen LogP contribution in [0, 0.1) is 5.92 Å². The maximum Gasteiger partial charge on any atom is 0.319 e. The molecule has 0 unspecified atom stereocenters. The molecule has 0 atom stereocenters. The average molecular weight is 331 g/mol. The summed E-state index contributed by atoms with van der Waals surface area (Å²) < 4.78 is 0. The fourth-order valence-corrected chi connectivity index (χ4v) is 2.58. The zero-order valence-electron chi connectivity index (χ0n) is 14.9. The highest BCUT2D eigenvalue weighted by Crippen LogP contribution is 2.30. The molecule has 4 amide bonds. The van der Waals surface area contributed by atoms with Crippen molar-refractivity contribution in [2.75, 3.05) is 11.9 Å². The Kier molecular flexibility index (Phi) is 4.96. The Hall–Kier alpha value is -2.37. The molecule has 2 N–H and O–H groups in total. The van der Waals surface area contributed by atoms with Gasteiger partial charge in [-0.15, -0.1) is 0 Å². The van der Waals surface area contributed by atoms with Gasteiger partial charge in [-0.05, 0) is 51.3 Å². The summed E-state index contributed by atoms with van der Waals surface area (Å²) in [7, 11) is 0. The van der Waals surface area contributed by atoms with E-state index in [1.165, 1.54) is 4.90 Å². The maximum absolute atomic E-state index is 12.5. The highest BCUT2D eigenvalue weighted by atomic mass is 16.2. The average Bonchev–Trinajstić information content (AvgIpc) is 2.69. The van der Waals surface area contributed by atoms with Crippen molar-refractivity contribution in [1.82, 2.24) is 10.2 Å². The SMILES string of the molecule is CC(C)CCNC(=O)Nc1ccc2c(c1)C(=O)N(C(C)(C)C)C2=O. The molecular formula is C18H25N3O3. The Bertz CT molecular complexity index is 675. The molecule has 0 spiro atoms. The van der Waals surface area contributed by atoms with Gasteiger partial charge in [0.1, 0.15) is 0 Å². The number of hydrogen-bond acceptors (Lipinski definition) is 3. The Morgan fingerprint density at radius 1 is 1.12 bits per heavy atom. The lowest BCUT2D eigenvalue weighted by molar-refractivity contribution is 0.0507. The summed E-state index contributed by atoms with van der Waals surface area (Å²) >= 11 is 0. The maximum atomic E-state index is 12.5. The molecule has 0 aromatic heterocycles. The van der Waals surface area contributed by atoms with Crippen LogP contribution < -0.4 is 10.6 Å². The molecule has 1 aliphatic rings. The molecule has 0 aliphatic carbocycles. The number of urea groups is 1. The summed E-state index contributed by atoms with van der Waals surface area (Å²) in [6, 6.07) is 4.46. The number of amides is 4. The number of hydrogen-bond donors (Lipinski definition) is 2. The number of carbonyl (C=O) groups excluding carboxylic acids is 3. The highest BCUT2D eigenvalue weighted by molar-refractivity contribution is 6.22. The summed E-state index contributed by atoms with van der Waals surface area (Å²) in [4.78, 5) is 38.0. The van der Waals surface area contributed by atoms with Gasteiger partial charge in [0.2, 0.25) is 0 Å². The third kappa shape index (κ3) is 3.75. The van der Waals surface area contributed by atoms with Crippen LogP contribution in [0.2, 0.25) is 0 Å². The fraction of sp³-hybridized carbons (Fsp3) is 0.500. The van der Waals surface area contributed by atoms with E-state index in [1.807, 2.05) is 20.8 Å². The summed E-state index contributed by atoms with van der Waals surface area (Å²) in [5.74, 6) is -0.112. The van der Waals surface area contributed by atoms with E-state index < -0.39 is 5.54 Å². The van der Waals surface area contributed by atoms with Gasteiger partial charge in [-0.3, -0.25) is 14.5 Å². The number of anilines is 1. The van der Waals surface area contributed by atoms with Crippen LogP contribution in [0.3, 0.4) is 0 Å². The molecule has 1 heterocycles. The molecule has 2 rings (SSSR count). The van der Waals surface area contributed by atoms with Crippen molar-refractivity contribution in [2.45, 2.75) is 46.6 Å². The second-order valence-electron chi connectivity index (χ2n) is 7.44. The second-order valence-corrected chi connectivity index (χ2v) is 7.44. The third-order valence-electron chi connectivity index (χ3n) is 3.82. The van der Waals surface area contributed by atoms with Gasteiger partial charge >= 0.3 is 6.03 Å². The molecule has 24 heavy (non-hydrogen) atoms. The van der Waals surface area contributed by atoms with E-state index in [0.717, 1.165) is 6.42 Å². The Morgan fingerprint density at radius 3 is 2.33 bits per heavy atom. The van der Waals surface area contributed by atoms with Crippen LogP contribution in [-0.2, 0) is 0 Å². The number of fused-ring (bicyclic) bond motifs is 1. The molecule has 1 aliphatic heterocycles. The van der Waals surface area contributed by atoms with Crippen molar-refractivity contribution in [3.63, 3.8) is 0 Å². The number of nitrogens with zero attached hydrogens (tertiary/aromatic N) is 1. The fourth-order valence-electron chi connectivity index (χ4n) is 2.58. The van der Waals surface area contributed by atoms with E-state index in [4.69, 9.17) is 0 Å². The molecule has 0 saturated carbocycles. The minimum Gasteiger partial charge on any atom is -0.338 e. The molecule has 130 valence electrons. The van der Waals surface area contributed by atoms with Crippen molar-refractivity contribution < 1.29 is 14.4 Å². The predicted octanol–water partition coefficient (Wildman–Crippen LogP) is 3.25. The second kappa shape index (κ2) is 6.63. The van der Waals surface area contributed by atoms with Crippen LogP contribution in [0.5, 0.6) is 0 Å². The number of nitrogens with one attached hydrogen (secondary N) is 2. The number of rotatable bonds is 4. The Labute approximate surface area is 142 Å². The lowest BCUT2D eigenvalue weighted by Gasteiger charge is -2.29. The van der Waals surface area contributed by atoms with Crippen molar-refractivity contribution >= 4 is 23.5 Å². The normalized spacial score (nSPS) is 14.2. The number of carbonyl (C=O) groups is 3. The third-order valence-corrected chi connectivity index (χ3v) is 3.82. The summed E-state index contributed by atoms with van der Waals surface area (Å²) in [6.07, 6.45) is 0.894. The first-order chi connectivity index (χ1) is 11.1. The van der Waals surface area contributed by atoms with E-state index in [9.17, 15) is 14.4 Å². The van der Waals surface area contributed by atoms with Gasteiger partial charge in [-0.2, -0.15) is 0 Å². The minimum atomic E-state index is -0.588. The zero-order valence-corrected chi connectivity index (χ0v) is 14.9. The summed E-state index contributed by atoms with van der Waals surface area (Å²) in [5.41, 5.74) is 0.609. The van der Waals surface area contributed by atoms with Gasteiger partial charge in [-0.1, -0.05) is 13.8 Å². The molecule has 0 bridgehead atoms. The van der Waals surface area contributed by atoms with Crippen molar-refractivity contribution in [2.24, 2.45) is 5.92 Å². The highest BCUT2D eigenvalue weighted by Gasteiger charge is 2.41. The van der Waals surface area contributed by atoms with Gasteiger partial charge in [0.15, 0.2) is 0 Å². The first kappa shape index (κ1) is 18.0. The largest absolute Gasteiger partial charge is 0.338 e.